The van der Waals surface area contributed by atoms with E-state index in [1.165, 1.54) is 83.5 Å². The molecule has 0 amide bonds. The van der Waals surface area contributed by atoms with Crippen LogP contribution in [0.3, 0.4) is 0 Å². The van der Waals surface area contributed by atoms with Crippen molar-refractivity contribution in [3.63, 3.8) is 0 Å². The number of carboxylic acids is 1. The second kappa shape index (κ2) is 57.8. The van der Waals surface area contributed by atoms with E-state index >= 15 is 0 Å². The molecule has 1 aliphatic heterocycles. The molecule has 6 atom stereocenters. The molecule has 6 unspecified atom stereocenters. The summed E-state index contributed by atoms with van der Waals surface area (Å²) in [4.78, 5) is 51.3. The molecule has 3 N–H and O–H groups in total. The fourth-order valence-corrected chi connectivity index (χ4v) is 9.41. The minimum absolute atomic E-state index is 0.0384. The van der Waals surface area contributed by atoms with Gasteiger partial charge >= 0.3 is 23.9 Å². The smallest absolute Gasteiger partial charge is 0.335 e. The molecule has 1 saturated heterocycles. The van der Waals surface area contributed by atoms with E-state index < -0.39 is 67.3 Å². The SMILES string of the molecule is CC/C=C\C/C=C\C/C=C\C/C=C\C/C=C\C/C=C\CCC(=O)OCC(COC1OC(C(=O)O)C(O)C(O)C1OC(=O)CCCCCCCCC/C=C\C/C=C\C/C=C\CC)OC(=O)CCCCCCCCCCCCCCCCCCC. The van der Waals surface area contributed by atoms with Crippen LogP contribution >= 0.6 is 0 Å². The zero-order chi connectivity index (χ0) is 60.3. The Balaban J connectivity index is 2.71. The lowest BCUT2D eigenvalue weighted by molar-refractivity contribution is -0.301. The first-order valence-electron chi connectivity index (χ1n) is 32.9. The lowest BCUT2D eigenvalue weighted by atomic mass is 9.98. The number of unbranched alkanes of at least 4 members (excludes halogenated alkanes) is 23. The summed E-state index contributed by atoms with van der Waals surface area (Å²) in [7, 11) is 0. The maximum absolute atomic E-state index is 13.2. The Morgan fingerprint density at radius 1 is 0.410 bits per heavy atom. The molecule has 83 heavy (non-hydrogen) atoms. The summed E-state index contributed by atoms with van der Waals surface area (Å²) >= 11 is 0. The van der Waals surface area contributed by atoms with Gasteiger partial charge in [0.2, 0.25) is 0 Å². The first kappa shape index (κ1) is 76.4. The topological polar surface area (TPSA) is 175 Å². The molecule has 472 valence electrons. The number of allylic oxidation sites excluding steroid dienone is 18. The van der Waals surface area contributed by atoms with Gasteiger partial charge in [-0.05, 0) is 89.9 Å². The molecule has 1 fully saturated rings. The third kappa shape index (κ3) is 47.3. The molecule has 0 bridgehead atoms. The summed E-state index contributed by atoms with van der Waals surface area (Å²) in [5.74, 6) is -3.24. The number of aliphatic carboxylic acids is 1. The molecule has 0 saturated carbocycles. The second-order valence-corrected chi connectivity index (χ2v) is 22.0. The Labute approximate surface area is 504 Å². The number of esters is 3. The van der Waals surface area contributed by atoms with Crippen LogP contribution in [-0.4, -0.2) is 89.2 Å². The highest BCUT2D eigenvalue weighted by molar-refractivity contribution is 5.74. The van der Waals surface area contributed by atoms with Crippen molar-refractivity contribution in [3.8, 4) is 0 Å². The molecular weight excluding hydrogens is 1040 g/mol. The maximum Gasteiger partial charge on any atom is 0.335 e. The van der Waals surface area contributed by atoms with Gasteiger partial charge in [0.15, 0.2) is 24.6 Å². The zero-order valence-corrected chi connectivity index (χ0v) is 52.2. The lowest BCUT2D eigenvalue weighted by Crippen LogP contribution is -2.61. The second-order valence-electron chi connectivity index (χ2n) is 22.0. The fraction of sp³-hybridized carbons (Fsp3) is 0.690. The van der Waals surface area contributed by atoms with Crippen LogP contribution in [0.1, 0.15) is 265 Å². The summed E-state index contributed by atoms with van der Waals surface area (Å²) in [6.45, 7) is 5.73. The van der Waals surface area contributed by atoms with E-state index in [1.807, 2.05) is 12.2 Å². The fourth-order valence-electron chi connectivity index (χ4n) is 9.41. The van der Waals surface area contributed by atoms with Crippen molar-refractivity contribution < 1.29 is 58.2 Å². The molecule has 0 spiro atoms. The van der Waals surface area contributed by atoms with E-state index in [0.717, 1.165) is 122 Å². The predicted molar refractivity (Wildman–Crippen MR) is 340 cm³/mol. The first-order chi connectivity index (χ1) is 40.6. The highest BCUT2D eigenvalue weighted by Crippen LogP contribution is 2.27. The number of rotatable bonds is 55. The average molecular weight is 1160 g/mol. The van der Waals surface area contributed by atoms with Crippen molar-refractivity contribution in [2.75, 3.05) is 13.2 Å². The summed E-state index contributed by atoms with van der Waals surface area (Å²) in [6.07, 6.45) is 66.3. The summed E-state index contributed by atoms with van der Waals surface area (Å²) < 4.78 is 28.5. The molecule has 0 aromatic carbocycles. The minimum atomic E-state index is -1.92. The number of carboxylic acid groups (broad SMARTS) is 1. The largest absolute Gasteiger partial charge is 0.479 e. The van der Waals surface area contributed by atoms with Crippen LogP contribution in [0.2, 0.25) is 0 Å². The Bertz CT molecular complexity index is 1860. The highest BCUT2D eigenvalue weighted by atomic mass is 16.7. The molecule has 0 aliphatic carbocycles. The Hall–Kier alpha value is -4.62. The van der Waals surface area contributed by atoms with Gasteiger partial charge in [-0.3, -0.25) is 14.4 Å². The van der Waals surface area contributed by atoms with Gasteiger partial charge < -0.3 is 39.0 Å². The monoisotopic (exact) mass is 1160 g/mol. The average Bonchev–Trinajstić information content (AvgIpc) is 3.59. The standard InChI is InChI=1S/C71H116O12/c1-4-7-10-13-16-19-22-25-28-31-32-35-36-39-42-45-48-51-54-57-63(72)79-60-62(81-64(73)58-55-52-49-46-43-40-37-33-29-26-23-20-17-14-11-8-5-2)61-80-71-69(67(76)66(75)68(83-71)70(77)78)82-65(74)59-56-53-50-47-44-41-38-34-30-27-24-21-18-15-12-9-6-3/h7,9-10,12,16,18-19,21,25,27-28,30,32,35,39,42,48,51,62,66-69,71,75-76H,4-6,8,11,13-15,17,20,22-24,26,29,31,33-34,36-38,40-41,43-47,49-50,52-61H2,1-3H3,(H,77,78)/b10-7-,12-9-,19-16-,21-18-,28-25-,30-27-,35-32-,42-39-,51-48-. The van der Waals surface area contributed by atoms with Crippen LogP contribution in [0.4, 0.5) is 0 Å². The number of hydrogen-bond donors (Lipinski definition) is 3. The van der Waals surface area contributed by atoms with Crippen molar-refractivity contribution in [2.45, 2.75) is 302 Å². The molecule has 1 heterocycles. The summed E-state index contributed by atoms with van der Waals surface area (Å²) in [5.41, 5.74) is 0. The van der Waals surface area contributed by atoms with Gasteiger partial charge in [-0.15, -0.1) is 0 Å². The van der Waals surface area contributed by atoms with E-state index in [-0.39, 0.29) is 25.9 Å². The van der Waals surface area contributed by atoms with Gasteiger partial charge in [-0.25, -0.2) is 4.79 Å². The zero-order valence-electron chi connectivity index (χ0n) is 52.2. The Kier molecular flexibility index (Phi) is 53.2. The third-order valence-corrected chi connectivity index (χ3v) is 14.4. The highest BCUT2D eigenvalue weighted by Gasteiger charge is 2.50. The molecular formula is C71H116O12. The first-order valence-corrected chi connectivity index (χ1v) is 32.9. The van der Waals surface area contributed by atoms with E-state index in [1.54, 1.807) is 0 Å². The number of carbonyl (C=O) groups is 4. The minimum Gasteiger partial charge on any atom is -0.479 e. The van der Waals surface area contributed by atoms with Gasteiger partial charge in [-0.2, -0.15) is 0 Å². The van der Waals surface area contributed by atoms with Crippen LogP contribution in [0.5, 0.6) is 0 Å². The number of aliphatic hydroxyl groups excluding tert-OH is 2. The van der Waals surface area contributed by atoms with Gasteiger partial charge in [0.1, 0.15) is 18.8 Å². The van der Waals surface area contributed by atoms with Crippen molar-refractivity contribution in [2.24, 2.45) is 0 Å². The normalized spacial score (nSPS) is 18.3. The molecule has 0 aromatic heterocycles. The maximum atomic E-state index is 13.2. The van der Waals surface area contributed by atoms with Gasteiger partial charge in [0.05, 0.1) is 6.61 Å². The number of carbonyl (C=O) groups excluding carboxylic acids is 3. The van der Waals surface area contributed by atoms with E-state index in [0.29, 0.717) is 19.3 Å². The Morgan fingerprint density at radius 3 is 1.20 bits per heavy atom. The van der Waals surface area contributed by atoms with Crippen LogP contribution in [0.15, 0.2) is 109 Å². The molecule has 1 rings (SSSR count). The molecule has 1 aliphatic rings. The van der Waals surface area contributed by atoms with Gasteiger partial charge in [0, 0.05) is 19.3 Å². The van der Waals surface area contributed by atoms with Crippen LogP contribution in [0, 0.1) is 0 Å². The molecule has 0 aromatic rings. The van der Waals surface area contributed by atoms with E-state index in [9.17, 15) is 34.5 Å². The van der Waals surface area contributed by atoms with E-state index in [4.69, 9.17) is 23.7 Å². The summed E-state index contributed by atoms with van der Waals surface area (Å²) in [6, 6.07) is 0. The molecule has 12 nitrogen and oxygen atoms in total. The van der Waals surface area contributed by atoms with Crippen molar-refractivity contribution in [1.82, 2.24) is 0 Å². The van der Waals surface area contributed by atoms with Crippen molar-refractivity contribution in [1.29, 1.82) is 0 Å². The number of hydrogen-bond acceptors (Lipinski definition) is 11. The van der Waals surface area contributed by atoms with Crippen molar-refractivity contribution in [3.05, 3.63) is 109 Å². The van der Waals surface area contributed by atoms with Crippen LogP contribution < -0.4 is 0 Å². The Morgan fingerprint density at radius 2 is 0.783 bits per heavy atom. The predicted octanol–water partition coefficient (Wildman–Crippen LogP) is 17.8. The number of ether oxygens (including phenoxy) is 5. The van der Waals surface area contributed by atoms with Crippen LogP contribution in [0.25, 0.3) is 0 Å². The molecule has 12 heteroatoms. The summed E-state index contributed by atoms with van der Waals surface area (Å²) in [5, 5.41) is 31.6. The quantitative estimate of drug-likeness (QED) is 0.0228. The van der Waals surface area contributed by atoms with E-state index in [2.05, 4.69) is 118 Å². The lowest BCUT2D eigenvalue weighted by Gasteiger charge is -2.40. The van der Waals surface area contributed by atoms with Gasteiger partial charge in [-0.1, -0.05) is 265 Å². The van der Waals surface area contributed by atoms with Crippen LogP contribution in [-0.2, 0) is 42.9 Å². The molecule has 0 radical (unpaired) electrons. The van der Waals surface area contributed by atoms with Gasteiger partial charge in [0.25, 0.3) is 0 Å². The van der Waals surface area contributed by atoms with Crippen molar-refractivity contribution >= 4 is 23.9 Å². The number of aliphatic hydroxyl groups is 2. The third-order valence-electron chi connectivity index (χ3n) is 14.4.